The minimum atomic E-state index is -0.811. The van der Waals surface area contributed by atoms with Gasteiger partial charge in [0.1, 0.15) is 5.82 Å². The molecule has 0 aliphatic heterocycles. The van der Waals surface area contributed by atoms with Crippen LogP contribution in [0.4, 0.5) is 4.39 Å². The first kappa shape index (κ1) is 16.4. The van der Waals surface area contributed by atoms with Crippen LogP contribution in [0.1, 0.15) is 28.7 Å². The summed E-state index contributed by atoms with van der Waals surface area (Å²) in [4.78, 5) is 0. The maximum atomic E-state index is 13.2. The van der Waals surface area contributed by atoms with Gasteiger partial charge in [0.05, 0.1) is 6.10 Å². The van der Waals surface area contributed by atoms with E-state index in [0.29, 0.717) is 5.56 Å². The van der Waals surface area contributed by atoms with Crippen LogP contribution in [0.5, 0.6) is 0 Å². The summed E-state index contributed by atoms with van der Waals surface area (Å²) < 4.78 is 14.0. The smallest absolute Gasteiger partial charge is 0.124 e. The molecule has 2 atom stereocenters. The van der Waals surface area contributed by atoms with Gasteiger partial charge >= 0.3 is 0 Å². The summed E-state index contributed by atoms with van der Waals surface area (Å²) in [6.07, 6.45) is -0.811. The van der Waals surface area contributed by atoms with Crippen molar-refractivity contribution in [3.8, 4) is 0 Å². The highest BCUT2D eigenvalue weighted by molar-refractivity contribution is 9.10. The highest BCUT2D eigenvalue weighted by Gasteiger charge is 2.24. The van der Waals surface area contributed by atoms with Gasteiger partial charge in [0.2, 0.25) is 0 Å². The molecule has 0 amide bonds. The van der Waals surface area contributed by atoms with Crippen molar-refractivity contribution in [3.63, 3.8) is 0 Å². The zero-order valence-corrected chi connectivity index (χ0v) is 13.8. The molecule has 21 heavy (non-hydrogen) atoms. The topological polar surface area (TPSA) is 46.2 Å². The maximum absolute atomic E-state index is 13.2. The summed E-state index contributed by atoms with van der Waals surface area (Å²) in [5, 5.41) is 10.9. The van der Waals surface area contributed by atoms with Gasteiger partial charge in [-0.3, -0.25) is 0 Å². The molecule has 2 aromatic rings. The van der Waals surface area contributed by atoms with E-state index >= 15 is 0 Å². The number of benzene rings is 2. The zero-order valence-electron chi connectivity index (χ0n) is 11.5. The van der Waals surface area contributed by atoms with Gasteiger partial charge < -0.3 is 10.8 Å². The lowest BCUT2D eigenvalue weighted by Crippen LogP contribution is -2.20. The largest absolute Gasteiger partial charge is 0.388 e. The molecule has 0 bridgehead atoms. The first-order chi connectivity index (χ1) is 9.92. The van der Waals surface area contributed by atoms with Gasteiger partial charge in [-0.1, -0.05) is 39.7 Å². The van der Waals surface area contributed by atoms with E-state index in [2.05, 4.69) is 15.9 Å². The fraction of sp³-hybridized carbons (Fsp3) is 0.250. The van der Waals surface area contributed by atoms with Crippen LogP contribution in [-0.4, -0.2) is 11.7 Å². The first-order valence-electron chi connectivity index (χ1n) is 6.52. The van der Waals surface area contributed by atoms with Crippen molar-refractivity contribution in [2.75, 3.05) is 6.54 Å². The van der Waals surface area contributed by atoms with Crippen LogP contribution in [0.3, 0.4) is 0 Å². The number of hydrogen-bond donors (Lipinski definition) is 2. The average Bonchev–Trinajstić information content (AvgIpc) is 2.40. The van der Waals surface area contributed by atoms with E-state index in [0.717, 1.165) is 15.6 Å². The van der Waals surface area contributed by atoms with Crippen LogP contribution in [0.15, 0.2) is 40.9 Å². The Morgan fingerprint density at radius 3 is 2.57 bits per heavy atom. The van der Waals surface area contributed by atoms with Crippen LogP contribution in [0.25, 0.3) is 0 Å². The Hall–Kier alpha value is -0.940. The molecule has 2 unspecified atom stereocenters. The van der Waals surface area contributed by atoms with Crippen molar-refractivity contribution in [1.29, 1.82) is 0 Å². The molecule has 2 rings (SSSR count). The Morgan fingerprint density at radius 2 is 2.00 bits per heavy atom. The van der Waals surface area contributed by atoms with Gasteiger partial charge in [0.25, 0.3) is 0 Å². The van der Waals surface area contributed by atoms with Gasteiger partial charge in [0.15, 0.2) is 0 Å². The lowest BCUT2D eigenvalue weighted by Gasteiger charge is -2.24. The third-order valence-electron chi connectivity index (χ3n) is 3.40. The summed E-state index contributed by atoms with van der Waals surface area (Å²) in [7, 11) is 0. The molecule has 0 saturated heterocycles. The van der Waals surface area contributed by atoms with Gasteiger partial charge in [-0.15, -0.1) is 0 Å². The molecule has 0 aliphatic rings. The number of nitrogens with two attached hydrogens (primary N) is 1. The zero-order chi connectivity index (χ0) is 15.6. The van der Waals surface area contributed by atoms with E-state index in [1.54, 1.807) is 6.07 Å². The molecule has 5 heteroatoms. The Balaban J connectivity index is 2.40. The maximum Gasteiger partial charge on any atom is 0.124 e. The molecule has 0 heterocycles. The lowest BCUT2D eigenvalue weighted by molar-refractivity contribution is 0.147. The Bertz CT molecular complexity index is 630. The van der Waals surface area contributed by atoms with Crippen LogP contribution >= 0.6 is 27.5 Å². The number of halogens is 3. The van der Waals surface area contributed by atoms with Crippen LogP contribution < -0.4 is 5.73 Å². The van der Waals surface area contributed by atoms with E-state index in [4.69, 9.17) is 17.3 Å². The third kappa shape index (κ3) is 3.83. The van der Waals surface area contributed by atoms with E-state index in [9.17, 15) is 9.50 Å². The summed E-state index contributed by atoms with van der Waals surface area (Å²) in [5.74, 6) is -0.806. The van der Waals surface area contributed by atoms with E-state index < -0.39 is 17.8 Å². The fourth-order valence-electron chi connectivity index (χ4n) is 2.40. The second kappa shape index (κ2) is 6.88. The predicted octanol–water partition coefficient (Wildman–Crippen LogP) is 4.33. The van der Waals surface area contributed by atoms with E-state index in [-0.39, 0.29) is 11.6 Å². The Labute approximate surface area is 136 Å². The summed E-state index contributed by atoms with van der Waals surface area (Å²) in [5.41, 5.74) is 8.22. The van der Waals surface area contributed by atoms with Gasteiger partial charge in [-0.2, -0.15) is 0 Å². The molecular weight excluding hydrogens is 357 g/mol. The number of aliphatic hydroxyl groups excluding tert-OH is 1. The standard InChI is InChI=1S/C16H16BrClFNO/c1-9-4-10(6-11(17)5-9)16(21)14(8-20)13-3-2-12(19)7-15(13)18/h2-7,14,16,21H,8,20H2,1H3. The van der Waals surface area contributed by atoms with Crippen molar-refractivity contribution in [2.24, 2.45) is 5.73 Å². The third-order valence-corrected chi connectivity index (χ3v) is 4.19. The molecular formula is C16H16BrClFNO. The Morgan fingerprint density at radius 1 is 1.29 bits per heavy atom. The normalized spacial score (nSPS) is 14.0. The molecule has 2 aromatic carbocycles. The molecule has 3 N–H and O–H groups in total. The number of aliphatic hydroxyl groups is 1. The van der Waals surface area contributed by atoms with E-state index in [1.165, 1.54) is 12.1 Å². The highest BCUT2D eigenvalue weighted by atomic mass is 79.9. The second-order valence-electron chi connectivity index (χ2n) is 5.01. The quantitative estimate of drug-likeness (QED) is 0.839. The molecule has 0 aromatic heterocycles. The van der Waals surface area contributed by atoms with Crippen molar-refractivity contribution < 1.29 is 9.50 Å². The van der Waals surface area contributed by atoms with Crippen LogP contribution in [-0.2, 0) is 0 Å². The van der Waals surface area contributed by atoms with Gasteiger partial charge in [-0.05, 0) is 47.9 Å². The second-order valence-corrected chi connectivity index (χ2v) is 6.34. The molecule has 112 valence electrons. The summed E-state index contributed by atoms with van der Waals surface area (Å²) in [6, 6.07) is 9.83. The average molecular weight is 373 g/mol. The molecule has 0 aliphatic carbocycles. The highest BCUT2D eigenvalue weighted by Crippen LogP contribution is 2.35. The van der Waals surface area contributed by atoms with Gasteiger partial charge in [0, 0.05) is 22.0 Å². The predicted molar refractivity (Wildman–Crippen MR) is 87.0 cm³/mol. The van der Waals surface area contributed by atoms with Crippen molar-refractivity contribution >= 4 is 27.5 Å². The first-order valence-corrected chi connectivity index (χ1v) is 7.69. The van der Waals surface area contributed by atoms with E-state index in [1.807, 2.05) is 25.1 Å². The number of rotatable bonds is 4. The fourth-order valence-corrected chi connectivity index (χ4v) is 3.33. The molecule has 0 radical (unpaired) electrons. The Kier molecular flexibility index (Phi) is 5.38. The van der Waals surface area contributed by atoms with Crippen LogP contribution in [0.2, 0.25) is 5.02 Å². The van der Waals surface area contributed by atoms with Crippen molar-refractivity contribution in [3.05, 3.63) is 68.4 Å². The van der Waals surface area contributed by atoms with Crippen molar-refractivity contribution in [1.82, 2.24) is 0 Å². The SMILES string of the molecule is Cc1cc(Br)cc(C(O)C(CN)c2ccc(F)cc2Cl)c1. The minimum absolute atomic E-state index is 0.206. The monoisotopic (exact) mass is 371 g/mol. The summed E-state index contributed by atoms with van der Waals surface area (Å²) in [6.45, 7) is 2.15. The molecule has 0 fully saturated rings. The lowest BCUT2D eigenvalue weighted by atomic mass is 9.88. The molecule has 0 spiro atoms. The van der Waals surface area contributed by atoms with Gasteiger partial charge in [-0.25, -0.2) is 4.39 Å². The minimum Gasteiger partial charge on any atom is -0.388 e. The summed E-state index contributed by atoms with van der Waals surface area (Å²) >= 11 is 9.50. The number of hydrogen-bond acceptors (Lipinski definition) is 2. The van der Waals surface area contributed by atoms with Crippen LogP contribution in [0, 0.1) is 12.7 Å². The molecule has 0 saturated carbocycles. The number of aryl methyl sites for hydroxylation is 1. The van der Waals surface area contributed by atoms with Crippen molar-refractivity contribution in [2.45, 2.75) is 18.9 Å². The molecule has 2 nitrogen and oxygen atoms in total.